The molecule has 0 atom stereocenters. The minimum Gasteiger partial charge on any atom is -0.338 e. The van der Waals surface area contributed by atoms with Crippen LogP contribution in [-0.2, 0) is 0 Å². The maximum Gasteiger partial charge on any atom is 0.326 e. The second-order valence-electron chi connectivity index (χ2n) is 6.78. The van der Waals surface area contributed by atoms with Gasteiger partial charge in [0.25, 0.3) is 5.91 Å². The number of hydrogen-bond donors (Lipinski definition) is 1. The Morgan fingerprint density at radius 1 is 1.12 bits per heavy atom. The van der Waals surface area contributed by atoms with Gasteiger partial charge in [-0.2, -0.15) is 0 Å². The molecule has 3 aromatic rings. The second-order valence-corrected chi connectivity index (χ2v) is 7.86. The second kappa shape index (κ2) is 6.90. The topological polar surface area (TPSA) is 58.1 Å². The van der Waals surface area contributed by atoms with E-state index >= 15 is 0 Å². The van der Waals surface area contributed by atoms with E-state index in [-0.39, 0.29) is 17.6 Å². The number of halogens is 1. The lowest BCUT2D eigenvalue weighted by atomic mass is 10.0. The Kier molecular flexibility index (Phi) is 4.60. The van der Waals surface area contributed by atoms with Gasteiger partial charge in [0.1, 0.15) is 0 Å². The molecule has 2 heterocycles. The van der Waals surface area contributed by atoms with Crippen molar-refractivity contribution in [2.45, 2.75) is 25.8 Å². The predicted octanol–water partition coefficient (Wildman–Crippen LogP) is 3.72. The zero-order chi connectivity index (χ0) is 18.3. The van der Waals surface area contributed by atoms with Gasteiger partial charge in [-0.25, -0.2) is 4.79 Å². The first-order valence-corrected chi connectivity index (χ1v) is 9.88. The van der Waals surface area contributed by atoms with E-state index in [1.165, 1.54) is 0 Å². The van der Waals surface area contributed by atoms with Crippen LogP contribution in [0.2, 0.25) is 0 Å². The number of nitrogens with zero attached hydrogens (tertiary/aromatic N) is 2. The minimum absolute atomic E-state index is 0.0655. The summed E-state index contributed by atoms with van der Waals surface area (Å²) in [6.07, 6.45) is 1.58. The van der Waals surface area contributed by atoms with Crippen LogP contribution in [0.1, 0.15) is 34.8 Å². The van der Waals surface area contributed by atoms with Gasteiger partial charge in [-0.05, 0) is 66.1 Å². The number of hydrogen-bond acceptors (Lipinski definition) is 2. The molecule has 5 nitrogen and oxygen atoms in total. The number of H-pyrrole nitrogens is 1. The molecule has 1 N–H and O–H groups in total. The number of imidazole rings is 1. The van der Waals surface area contributed by atoms with Crippen molar-refractivity contribution in [2.75, 3.05) is 13.1 Å². The van der Waals surface area contributed by atoms with Gasteiger partial charge in [-0.3, -0.25) is 9.36 Å². The summed E-state index contributed by atoms with van der Waals surface area (Å²) in [5, 5.41) is 0. The monoisotopic (exact) mass is 461 g/mol. The number of likely N-dealkylation sites (tertiary alicyclic amines) is 1. The maximum atomic E-state index is 12.9. The molecule has 26 heavy (non-hydrogen) atoms. The van der Waals surface area contributed by atoms with Crippen molar-refractivity contribution in [3.8, 4) is 0 Å². The van der Waals surface area contributed by atoms with E-state index in [0.717, 1.165) is 38.6 Å². The molecule has 0 unspecified atom stereocenters. The highest BCUT2D eigenvalue weighted by Gasteiger charge is 2.27. The molecule has 1 fully saturated rings. The van der Waals surface area contributed by atoms with Crippen LogP contribution in [0.5, 0.6) is 0 Å². The number of amides is 1. The number of aryl methyl sites for hydroxylation is 1. The van der Waals surface area contributed by atoms with Gasteiger partial charge in [0.15, 0.2) is 0 Å². The summed E-state index contributed by atoms with van der Waals surface area (Å²) in [7, 11) is 0. The molecule has 0 spiro atoms. The normalized spacial score (nSPS) is 15.5. The van der Waals surface area contributed by atoms with Gasteiger partial charge in [0.2, 0.25) is 0 Å². The Morgan fingerprint density at radius 3 is 2.62 bits per heavy atom. The van der Waals surface area contributed by atoms with Crippen molar-refractivity contribution in [1.82, 2.24) is 14.5 Å². The third-order valence-electron chi connectivity index (χ3n) is 5.16. The fourth-order valence-corrected chi connectivity index (χ4v) is 4.34. The summed E-state index contributed by atoms with van der Waals surface area (Å²) in [4.78, 5) is 30.1. The fraction of sp³-hybridized carbons (Fsp3) is 0.300. The highest BCUT2D eigenvalue weighted by atomic mass is 127. The highest BCUT2D eigenvalue weighted by molar-refractivity contribution is 14.1. The first kappa shape index (κ1) is 17.3. The molecule has 1 aliphatic rings. The van der Waals surface area contributed by atoms with Crippen molar-refractivity contribution < 1.29 is 4.79 Å². The Hall–Kier alpha value is -2.09. The Morgan fingerprint density at radius 2 is 1.85 bits per heavy atom. The van der Waals surface area contributed by atoms with Crippen LogP contribution in [0, 0.1) is 10.5 Å². The molecule has 134 valence electrons. The number of carbonyl (C=O) groups is 1. The van der Waals surface area contributed by atoms with E-state index in [0.29, 0.717) is 13.1 Å². The number of aromatic amines is 1. The molecule has 0 aliphatic carbocycles. The molecular formula is C20H20IN3O2. The fourth-order valence-electron chi connectivity index (χ4n) is 3.75. The number of aromatic nitrogens is 2. The van der Waals surface area contributed by atoms with Crippen LogP contribution >= 0.6 is 22.6 Å². The molecule has 1 saturated heterocycles. The molecule has 1 aliphatic heterocycles. The van der Waals surface area contributed by atoms with Gasteiger partial charge >= 0.3 is 5.69 Å². The lowest BCUT2D eigenvalue weighted by Crippen LogP contribution is -2.40. The summed E-state index contributed by atoms with van der Waals surface area (Å²) in [5.74, 6) is 0.0859. The smallest absolute Gasteiger partial charge is 0.326 e. The van der Waals surface area contributed by atoms with E-state index in [1.54, 1.807) is 0 Å². The predicted molar refractivity (Wildman–Crippen MR) is 111 cm³/mol. The molecule has 1 aromatic heterocycles. The Balaban J connectivity index is 1.54. The lowest BCUT2D eigenvalue weighted by Gasteiger charge is -2.33. The molecule has 2 aromatic carbocycles. The number of carbonyl (C=O) groups excluding carboxylic acids is 1. The average molecular weight is 461 g/mol. The van der Waals surface area contributed by atoms with Crippen molar-refractivity contribution in [3.63, 3.8) is 0 Å². The van der Waals surface area contributed by atoms with Gasteiger partial charge in [0.05, 0.1) is 16.6 Å². The maximum absolute atomic E-state index is 12.9. The van der Waals surface area contributed by atoms with Gasteiger partial charge in [0, 0.05) is 22.7 Å². The van der Waals surface area contributed by atoms with E-state index in [2.05, 4.69) is 27.6 Å². The largest absolute Gasteiger partial charge is 0.338 e. The third-order valence-corrected chi connectivity index (χ3v) is 6.59. The summed E-state index contributed by atoms with van der Waals surface area (Å²) < 4.78 is 2.87. The van der Waals surface area contributed by atoms with Gasteiger partial charge in [-0.1, -0.05) is 24.3 Å². The first-order valence-electron chi connectivity index (χ1n) is 8.80. The van der Waals surface area contributed by atoms with Crippen molar-refractivity contribution in [2.24, 2.45) is 0 Å². The van der Waals surface area contributed by atoms with Crippen LogP contribution < -0.4 is 5.69 Å². The number of fused-ring (bicyclic) bond motifs is 1. The zero-order valence-corrected chi connectivity index (χ0v) is 16.7. The summed E-state index contributed by atoms with van der Waals surface area (Å²) >= 11 is 2.25. The SMILES string of the molecule is Cc1cccc(C(=O)N2CCC(n3c(=O)[nH]c4ccccc43)CC2)c1I. The molecule has 6 heteroatoms. The number of piperidine rings is 1. The Bertz CT molecular complexity index is 1030. The molecule has 0 bridgehead atoms. The summed E-state index contributed by atoms with van der Waals surface area (Å²) in [6, 6.07) is 13.7. The van der Waals surface area contributed by atoms with E-state index < -0.39 is 0 Å². The number of rotatable bonds is 2. The molecule has 0 saturated carbocycles. The Labute approximate surface area is 165 Å². The van der Waals surface area contributed by atoms with Crippen molar-refractivity contribution >= 4 is 39.5 Å². The third kappa shape index (κ3) is 2.96. The summed E-state index contributed by atoms with van der Waals surface area (Å²) in [6.45, 7) is 3.35. The quantitative estimate of drug-likeness (QED) is 0.592. The van der Waals surface area contributed by atoms with Crippen molar-refractivity contribution in [1.29, 1.82) is 0 Å². The van der Waals surface area contributed by atoms with Crippen LogP contribution in [0.25, 0.3) is 11.0 Å². The van der Waals surface area contributed by atoms with Crippen LogP contribution in [-0.4, -0.2) is 33.4 Å². The van der Waals surface area contributed by atoms with E-state index in [4.69, 9.17) is 0 Å². The van der Waals surface area contributed by atoms with Crippen LogP contribution in [0.15, 0.2) is 47.3 Å². The minimum atomic E-state index is -0.0655. The van der Waals surface area contributed by atoms with Gasteiger partial charge < -0.3 is 9.88 Å². The average Bonchev–Trinajstić information content (AvgIpc) is 2.99. The molecule has 4 rings (SSSR count). The molecule has 0 radical (unpaired) electrons. The standard InChI is InChI=1S/C20H20IN3O2/c1-13-5-4-6-15(18(13)21)19(25)23-11-9-14(10-12-23)24-17-8-3-2-7-16(17)22-20(24)26/h2-8,14H,9-12H2,1H3,(H,22,26). The van der Waals surface area contributed by atoms with Crippen molar-refractivity contribution in [3.05, 3.63) is 67.6 Å². The molecule has 1 amide bonds. The lowest BCUT2D eigenvalue weighted by molar-refractivity contribution is 0.0694. The highest BCUT2D eigenvalue weighted by Crippen LogP contribution is 2.27. The molecular weight excluding hydrogens is 441 g/mol. The first-order chi connectivity index (χ1) is 12.6. The van der Waals surface area contributed by atoms with Crippen LogP contribution in [0.3, 0.4) is 0 Å². The number of nitrogens with one attached hydrogen (secondary N) is 1. The van der Waals surface area contributed by atoms with Gasteiger partial charge in [-0.15, -0.1) is 0 Å². The number of para-hydroxylation sites is 2. The summed E-state index contributed by atoms with van der Waals surface area (Å²) in [5.41, 5.74) is 3.63. The number of benzene rings is 2. The zero-order valence-electron chi connectivity index (χ0n) is 14.5. The van der Waals surface area contributed by atoms with E-state index in [1.807, 2.05) is 58.9 Å². The van der Waals surface area contributed by atoms with E-state index in [9.17, 15) is 9.59 Å². The van der Waals surface area contributed by atoms with Crippen LogP contribution in [0.4, 0.5) is 0 Å².